The third kappa shape index (κ3) is 3.45. The Hall–Kier alpha value is -1.67. The second-order valence-electron chi connectivity index (χ2n) is 4.57. The number of imidazole rings is 1. The minimum atomic E-state index is -3.49. The first-order valence-electron chi connectivity index (χ1n) is 6.55. The van der Waals surface area contributed by atoms with Gasteiger partial charge >= 0.3 is 0 Å². The van der Waals surface area contributed by atoms with E-state index < -0.39 is 10.0 Å². The zero-order valence-electron chi connectivity index (χ0n) is 11.6. The van der Waals surface area contributed by atoms with Crippen molar-refractivity contribution in [3.8, 4) is 0 Å². The fraction of sp³-hybridized carbons (Fsp3) is 0.500. The predicted molar refractivity (Wildman–Crippen MR) is 74.8 cm³/mol. The third-order valence-corrected chi connectivity index (χ3v) is 4.45. The number of sulfonamides is 1. The lowest BCUT2D eigenvalue weighted by Crippen LogP contribution is -2.25. The van der Waals surface area contributed by atoms with Crippen LogP contribution in [0.3, 0.4) is 0 Å². The summed E-state index contributed by atoms with van der Waals surface area (Å²) in [6.07, 6.45) is 5.30. The predicted octanol–water partition coefficient (Wildman–Crippen LogP) is 0.915. The normalized spacial score (nSPS) is 11.9. The molecule has 0 fully saturated rings. The number of hydrogen-bond acceptors (Lipinski definition) is 4. The van der Waals surface area contributed by atoms with Gasteiger partial charge in [-0.15, -0.1) is 0 Å². The molecule has 8 heteroatoms. The van der Waals surface area contributed by atoms with Crippen LogP contribution < -0.4 is 4.72 Å². The lowest BCUT2D eigenvalue weighted by molar-refractivity contribution is 0.575. The molecule has 0 aliphatic heterocycles. The van der Waals surface area contributed by atoms with Gasteiger partial charge in [0.2, 0.25) is 0 Å². The average Bonchev–Trinajstić information content (AvgIpc) is 3.04. The van der Waals surface area contributed by atoms with Gasteiger partial charge in [-0.05, 0) is 25.3 Å². The summed E-state index contributed by atoms with van der Waals surface area (Å²) in [6.45, 7) is 4.24. The molecular formula is C12H19N5O2S. The largest absolute Gasteiger partial charge is 0.332 e. The number of nitrogens with zero attached hydrogens (tertiary/aromatic N) is 2. The van der Waals surface area contributed by atoms with Crippen LogP contribution in [-0.2, 0) is 22.9 Å². The van der Waals surface area contributed by atoms with Crippen molar-refractivity contribution < 1.29 is 8.42 Å². The first-order chi connectivity index (χ1) is 9.53. The molecule has 110 valence electrons. The molecule has 2 rings (SSSR count). The lowest BCUT2D eigenvalue weighted by Gasteiger charge is -2.04. The number of H-pyrrole nitrogens is 2. The molecule has 3 N–H and O–H groups in total. The Bertz CT molecular complexity index is 659. The molecule has 0 atom stereocenters. The highest BCUT2D eigenvalue weighted by molar-refractivity contribution is 7.89. The Balaban J connectivity index is 1.85. The highest BCUT2D eigenvalue weighted by atomic mass is 32.2. The van der Waals surface area contributed by atoms with Crippen LogP contribution in [0.4, 0.5) is 0 Å². The smallest absolute Gasteiger partial charge is 0.257 e. The zero-order chi connectivity index (χ0) is 14.6. The quantitative estimate of drug-likeness (QED) is 0.661. The first kappa shape index (κ1) is 14.7. The Kier molecular flexibility index (Phi) is 4.56. The molecule has 2 aromatic heterocycles. The lowest BCUT2D eigenvalue weighted by atomic mass is 10.1. The molecule has 0 saturated carbocycles. The maximum absolute atomic E-state index is 12.0. The molecule has 0 amide bonds. The second kappa shape index (κ2) is 6.19. The average molecular weight is 297 g/mol. The van der Waals surface area contributed by atoms with Crippen LogP contribution in [-0.4, -0.2) is 35.1 Å². The van der Waals surface area contributed by atoms with E-state index in [1.807, 2.05) is 13.8 Å². The molecule has 0 aliphatic rings. The summed E-state index contributed by atoms with van der Waals surface area (Å²) < 4.78 is 26.5. The molecule has 0 unspecified atom stereocenters. The molecule has 0 bridgehead atoms. The fourth-order valence-corrected chi connectivity index (χ4v) is 2.86. The van der Waals surface area contributed by atoms with Gasteiger partial charge < -0.3 is 4.98 Å². The number of aromatic nitrogens is 4. The number of hydrogen-bond donors (Lipinski definition) is 3. The van der Waals surface area contributed by atoms with Crippen molar-refractivity contribution >= 4 is 10.0 Å². The minimum Gasteiger partial charge on any atom is -0.332 e. The molecule has 0 saturated heterocycles. The van der Waals surface area contributed by atoms with E-state index in [1.54, 1.807) is 6.20 Å². The molecule has 7 nitrogen and oxygen atoms in total. The number of aromatic amines is 2. The zero-order valence-corrected chi connectivity index (χ0v) is 12.4. The van der Waals surface area contributed by atoms with Crippen molar-refractivity contribution in [3.63, 3.8) is 0 Å². The van der Waals surface area contributed by atoms with Gasteiger partial charge in [0.15, 0.2) is 5.03 Å². The maximum atomic E-state index is 12.0. The highest BCUT2D eigenvalue weighted by Crippen LogP contribution is 2.08. The van der Waals surface area contributed by atoms with Crippen molar-refractivity contribution in [2.75, 3.05) is 6.54 Å². The van der Waals surface area contributed by atoms with Gasteiger partial charge in [0.05, 0.1) is 12.4 Å². The van der Waals surface area contributed by atoms with Crippen LogP contribution in [0.25, 0.3) is 0 Å². The summed E-state index contributed by atoms with van der Waals surface area (Å²) in [5, 5.41) is 6.91. The van der Waals surface area contributed by atoms with E-state index in [1.165, 1.54) is 6.20 Å². The molecule has 2 heterocycles. The van der Waals surface area contributed by atoms with E-state index in [0.29, 0.717) is 25.2 Å². The van der Waals surface area contributed by atoms with Crippen LogP contribution in [0.15, 0.2) is 17.4 Å². The minimum absolute atomic E-state index is 0.119. The van der Waals surface area contributed by atoms with E-state index in [0.717, 1.165) is 17.7 Å². The Labute approximate surface area is 118 Å². The third-order valence-electron chi connectivity index (χ3n) is 3.08. The van der Waals surface area contributed by atoms with Crippen molar-refractivity contribution in [3.05, 3.63) is 29.5 Å². The molecule has 0 radical (unpaired) electrons. The van der Waals surface area contributed by atoms with Crippen LogP contribution in [0, 0.1) is 6.92 Å². The number of aryl methyl sites for hydroxylation is 3. The topological polar surface area (TPSA) is 104 Å². The first-order valence-corrected chi connectivity index (χ1v) is 8.03. The maximum Gasteiger partial charge on any atom is 0.257 e. The summed E-state index contributed by atoms with van der Waals surface area (Å²) in [6, 6.07) is 0. The van der Waals surface area contributed by atoms with Gasteiger partial charge in [0.1, 0.15) is 5.82 Å². The molecule has 0 aromatic carbocycles. The SMILES string of the molecule is CCc1ncc(S(=O)(=O)NCCCc2cn[nH]c2C)[nH]1. The molecule has 0 spiro atoms. The van der Waals surface area contributed by atoms with Crippen LogP contribution in [0.1, 0.15) is 30.4 Å². The summed E-state index contributed by atoms with van der Waals surface area (Å²) >= 11 is 0. The van der Waals surface area contributed by atoms with Gasteiger partial charge in [0, 0.05) is 18.7 Å². The molecule has 2 aromatic rings. The van der Waals surface area contributed by atoms with Crippen molar-refractivity contribution in [1.82, 2.24) is 24.9 Å². The van der Waals surface area contributed by atoms with E-state index in [2.05, 4.69) is 24.9 Å². The Morgan fingerprint density at radius 2 is 2.15 bits per heavy atom. The van der Waals surface area contributed by atoms with Crippen molar-refractivity contribution in [2.45, 2.75) is 38.1 Å². The van der Waals surface area contributed by atoms with E-state index in [-0.39, 0.29) is 5.03 Å². The van der Waals surface area contributed by atoms with E-state index in [9.17, 15) is 8.42 Å². The van der Waals surface area contributed by atoms with Gasteiger partial charge in [0.25, 0.3) is 10.0 Å². The van der Waals surface area contributed by atoms with Crippen LogP contribution in [0.5, 0.6) is 0 Å². The van der Waals surface area contributed by atoms with Gasteiger partial charge in [-0.1, -0.05) is 6.92 Å². The molecular weight excluding hydrogens is 278 g/mol. The van der Waals surface area contributed by atoms with Gasteiger partial charge in [-0.2, -0.15) is 5.10 Å². The van der Waals surface area contributed by atoms with Crippen molar-refractivity contribution in [1.29, 1.82) is 0 Å². The Morgan fingerprint density at radius 1 is 1.35 bits per heavy atom. The fourth-order valence-electron chi connectivity index (χ4n) is 1.85. The summed E-state index contributed by atoms with van der Waals surface area (Å²) in [7, 11) is -3.49. The molecule has 0 aliphatic carbocycles. The van der Waals surface area contributed by atoms with Gasteiger partial charge in [-0.25, -0.2) is 18.1 Å². The summed E-state index contributed by atoms with van der Waals surface area (Å²) in [5.41, 5.74) is 2.13. The summed E-state index contributed by atoms with van der Waals surface area (Å²) in [4.78, 5) is 6.78. The van der Waals surface area contributed by atoms with Crippen molar-refractivity contribution in [2.24, 2.45) is 0 Å². The van der Waals surface area contributed by atoms with E-state index in [4.69, 9.17) is 0 Å². The van der Waals surface area contributed by atoms with E-state index >= 15 is 0 Å². The van der Waals surface area contributed by atoms with Crippen LogP contribution in [0.2, 0.25) is 0 Å². The second-order valence-corrected chi connectivity index (χ2v) is 6.30. The van der Waals surface area contributed by atoms with Crippen LogP contribution >= 0.6 is 0 Å². The highest BCUT2D eigenvalue weighted by Gasteiger charge is 2.16. The number of nitrogens with one attached hydrogen (secondary N) is 3. The standard InChI is InChI=1S/C12H19N5O2S/c1-3-11-13-8-12(16-11)20(18,19)15-6-4-5-10-7-14-17-9(10)2/h7-8,15H,3-6H2,1-2H3,(H,13,16)(H,14,17). The number of rotatable bonds is 7. The monoisotopic (exact) mass is 297 g/mol. The Morgan fingerprint density at radius 3 is 2.75 bits per heavy atom. The summed E-state index contributed by atoms with van der Waals surface area (Å²) in [5.74, 6) is 0.666. The van der Waals surface area contributed by atoms with Gasteiger partial charge in [-0.3, -0.25) is 5.10 Å². The molecule has 20 heavy (non-hydrogen) atoms.